The summed E-state index contributed by atoms with van der Waals surface area (Å²) in [6.07, 6.45) is 2.92. The summed E-state index contributed by atoms with van der Waals surface area (Å²) in [6, 6.07) is 6.23. The second-order valence-electron chi connectivity index (χ2n) is 7.09. The SMILES string of the molecule is O=C(NC1CCC(C(=O)O)CC1)NC1CC(F)(c2cccc(Cl)c2)C1. The molecule has 0 heterocycles. The number of carbonyl (C=O) groups excluding carboxylic acids is 1. The number of nitrogens with one attached hydrogen (secondary N) is 2. The molecule has 0 atom stereocenters. The third-order valence-electron chi connectivity index (χ3n) is 5.23. The number of hydrogen-bond acceptors (Lipinski definition) is 2. The Morgan fingerprint density at radius 2 is 1.76 bits per heavy atom. The van der Waals surface area contributed by atoms with Gasteiger partial charge in [-0.15, -0.1) is 0 Å². The standard InChI is InChI=1S/C18H22ClFN2O3/c19-13-3-1-2-12(8-13)18(20)9-15(10-18)22-17(25)21-14-6-4-11(5-7-14)16(23)24/h1-3,8,11,14-15H,4-7,9-10H2,(H,23,24)(H2,21,22,25). The van der Waals surface area contributed by atoms with Gasteiger partial charge in [-0.05, 0) is 43.4 Å². The summed E-state index contributed by atoms with van der Waals surface area (Å²) in [5.41, 5.74) is -0.895. The summed E-state index contributed by atoms with van der Waals surface area (Å²) in [6.45, 7) is 0. The zero-order valence-electron chi connectivity index (χ0n) is 13.8. The molecule has 2 aliphatic rings. The van der Waals surface area contributed by atoms with E-state index in [4.69, 9.17) is 16.7 Å². The van der Waals surface area contributed by atoms with Gasteiger partial charge in [-0.2, -0.15) is 0 Å². The second-order valence-corrected chi connectivity index (χ2v) is 7.52. The van der Waals surface area contributed by atoms with Gasteiger partial charge in [0.15, 0.2) is 0 Å². The van der Waals surface area contributed by atoms with E-state index in [1.807, 2.05) is 0 Å². The van der Waals surface area contributed by atoms with E-state index in [1.54, 1.807) is 24.3 Å². The maximum Gasteiger partial charge on any atom is 0.315 e. The number of hydrogen-bond donors (Lipinski definition) is 3. The van der Waals surface area contributed by atoms with Gasteiger partial charge >= 0.3 is 12.0 Å². The Morgan fingerprint density at radius 3 is 2.36 bits per heavy atom. The van der Waals surface area contributed by atoms with Crippen LogP contribution in [0.5, 0.6) is 0 Å². The summed E-state index contributed by atoms with van der Waals surface area (Å²) < 4.78 is 14.8. The van der Waals surface area contributed by atoms with Crippen LogP contribution < -0.4 is 10.6 Å². The zero-order valence-corrected chi connectivity index (χ0v) is 14.6. The molecule has 2 amide bonds. The predicted octanol–water partition coefficient (Wildman–Crippen LogP) is 3.61. The number of carboxylic acid groups (broad SMARTS) is 1. The quantitative estimate of drug-likeness (QED) is 0.759. The third-order valence-corrected chi connectivity index (χ3v) is 5.46. The van der Waals surface area contributed by atoms with Gasteiger partial charge in [0.2, 0.25) is 0 Å². The first-order chi connectivity index (χ1) is 11.9. The lowest BCUT2D eigenvalue weighted by Crippen LogP contribution is -2.55. The van der Waals surface area contributed by atoms with Gasteiger partial charge in [-0.25, -0.2) is 9.18 Å². The van der Waals surface area contributed by atoms with E-state index in [0.717, 1.165) is 0 Å². The van der Waals surface area contributed by atoms with Crippen LogP contribution in [0.2, 0.25) is 5.02 Å². The molecule has 0 radical (unpaired) electrons. The fourth-order valence-corrected chi connectivity index (χ4v) is 3.91. The lowest BCUT2D eigenvalue weighted by molar-refractivity contribution is -0.142. The molecule has 5 nitrogen and oxygen atoms in total. The number of urea groups is 1. The zero-order chi connectivity index (χ0) is 18.0. The smallest absolute Gasteiger partial charge is 0.315 e. The van der Waals surface area contributed by atoms with Crippen molar-refractivity contribution in [1.29, 1.82) is 0 Å². The molecule has 25 heavy (non-hydrogen) atoms. The van der Waals surface area contributed by atoms with Gasteiger partial charge in [0.25, 0.3) is 0 Å². The van der Waals surface area contributed by atoms with Crippen molar-refractivity contribution in [2.45, 2.75) is 56.3 Å². The highest BCUT2D eigenvalue weighted by Gasteiger charge is 2.47. The first kappa shape index (κ1) is 18.0. The Labute approximate surface area is 150 Å². The number of alkyl halides is 1. The molecule has 0 unspecified atom stereocenters. The van der Waals surface area contributed by atoms with Crippen LogP contribution >= 0.6 is 11.6 Å². The first-order valence-corrected chi connectivity index (χ1v) is 8.98. The van der Waals surface area contributed by atoms with Gasteiger partial charge in [-0.3, -0.25) is 4.79 Å². The van der Waals surface area contributed by atoms with Crippen LogP contribution in [0, 0.1) is 5.92 Å². The Bertz CT molecular complexity index is 655. The molecular formula is C18H22ClFN2O3. The van der Waals surface area contributed by atoms with Crippen LogP contribution in [0.3, 0.4) is 0 Å². The molecule has 0 spiro atoms. The number of halogens is 2. The molecule has 1 aromatic rings. The number of carboxylic acids is 1. The van der Waals surface area contributed by atoms with Crippen molar-refractivity contribution < 1.29 is 19.1 Å². The highest BCUT2D eigenvalue weighted by atomic mass is 35.5. The highest BCUT2D eigenvalue weighted by molar-refractivity contribution is 6.30. The van der Waals surface area contributed by atoms with E-state index in [2.05, 4.69) is 10.6 Å². The Balaban J connectivity index is 1.43. The van der Waals surface area contributed by atoms with Gasteiger partial charge in [-0.1, -0.05) is 23.7 Å². The molecule has 0 aromatic heterocycles. The van der Waals surface area contributed by atoms with E-state index < -0.39 is 11.6 Å². The van der Waals surface area contributed by atoms with Crippen LogP contribution in [-0.4, -0.2) is 29.2 Å². The Morgan fingerprint density at radius 1 is 1.12 bits per heavy atom. The van der Waals surface area contributed by atoms with E-state index >= 15 is 0 Å². The number of carbonyl (C=O) groups is 2. The van der Waals surface area contributed by atoms with Gasteiger partial charge in [0.05, 0.1) is 5.92 Å². The topological polar surface area (TPSA) is 78.4 Å². The molecule has 3 N–H and O–H groups in total. The molecule has 2 aliphatic carbocycles. The lowest BCUT2D eigenvalue weighted by atomic mass is 9.73. The molecule has 136 valence electrons. The van der Waals surface area contributed by atoms with Crippen LogP contribution in [0.25, 0.3) is 0 Å². The van der Waals surface area contributed by atoms with E-state index in [9.17, 15) is 14.0 Å². The molecule has 0 saturated heterocycles. The predicted molar refractivity (Wildman–Crippen MR) is 92.3 cm³/mol. The fraction of sp³-hybridized carbons (Fsp3) is 0.556. The van der Waals surface area contributed by atoms with Crippen molar-refractivity contribution in [3.05, 3.63) is 34.9 Å². The van der Waals surface area contributed by atoms with E-state index in [0.29, 0.717) is 36.3 Å². The molecule has 0 aliphatic heterocycles. The van der Waals surface area contributed by atoms with Crippen molar-refractivity contribution in [2.75, 3.05) is 0 Å². The van der Waals surface area contributed by atoms with E-state index in [1.165, 1.54) is 0 Å². The number of aliphatic carboxylic acids is 1. The number of amides is 2. The monoisotopic (exact) mass is 368 g/mol. The average Bonchev–Trinajstić information content (AvgIpc) is 2.53. The third kappa shape index (κ3) is 4.24. The van der Waals surface area contributed by atoms with Gasteiger partial charge < -0.3 is 15.7 Å². The van der Waals surface area contributed by atoms with Crippen molar-refractivity contribution in [1.82, 2.24) is 10.6 Å². The fourth-order valence-electron chi connectivity index (χ4n) is 3.72. The maximum atomic E-state index is 14.8. The lowest BCUT2D eigenvalue weighted by Gasteiger charge is -2.42. The molecule has 0 bridgehead atoms. The Hall–Kier alpha value is -1.82. The molecule has 7 heteroatoms. The first-order valence-electron chi connectivity index (χ1n) is 8.60. The summed E-state index contributed by atoms with van der Waals surface area (Å²) >= 11 is 5.91. The number of rotatable bonds is 4. The molecule has 1 aromatic carbocycles. The van der Waals surface area contributed by atoms with Crippen LogP contribution in [-0.2, 0) is 10.5 Å². The summed E-state index contributed by atoms with van der Waals surface area (Å²) in [5.74, 6) is -1.07. The van der Waals surface area contributed by atoms with Crippen molar-refractivity contribution >= 4 is 23.6 Å². The van der Waals surface area contributed by atoms with Crippen LogP contribution in [0.1, 0.15) is 44.1 Å². The van der Waals surface area contributed by atoms with Crippen molar-refractivity contribution in [2.24, 2.45) is 5.92 Å². The minimum Gasteiger partial charge on any atom is -0.481 e. The van der Waals surface area contributed by atoms with Gasteiger partial charge in [0, 0.05) is 29.9 Å². The van der Waals surface area contributed by atoms with Crippen LogP contribution in [0.15, 0.2) is 24.3 Å². The normalized spacial score (nSPS) is 31.7. The molecule has 2 fully saturated rings. The molecule has 3 rings (SSSR count). The molecule has 2 saturated carbocycles. The minimum absolute atomic E-state index is 0.0151. The summed E-state index contributed by atoms with van der Waals surface area (Å²) in [5, 5.41) is 15.1. The second kappa shape index (κ2) is 7.20. The molecular weight excluding hydrogens is 347 g/mol. The number of benzene rings is 1. The average molecular weight is 369 g/mol. The Kier molecular flexibility index (Phi) is 5.18. The minimum atomic E-state index is -1.44. The van der Waals surface area contributed by atoms with Gasteiger partial charge in [0.1, 0.15) is 5.67 Å². The van der Waals surface area contributed by atoms with Crippen molar-refractivity contribution in [3.8, 4) is 0 Å². The largest absolute Gasteiger partial charge is 0.481 e. The van der Waals surface area contributed by atoms with Crippen LogP contribution in [0.4, 0.5) is 9.18 Å². The van der Waals surface area contributed by atoms with Crippen molar-refractivity contribution in [3.63, 3.8) is 0 Å². The maximum absolute atomic E-state index is 14.8. The summed E-state index contributed by atoms with van der Waals surface area (Å²) in [7, 11) is 0. The van der Waals surface area contributed by atoms with E-state index in [-0.39, 0.29) is 36.9 Å². The highest BCUT2D eigenvalue weighted by Crippen LogP contribution is 2.45. The summed E-state index contributed by atoms with van der Waals surface area (Å²) in [4.78, 5) is 23.0.